The van der Waals surface area contributed by atoms with Crippen molar-refractivity contribution in [1.29, 1.82) is 0 Å². The first kappa shape index (κ1) is 11.5. The fourth-order valence-electron chi connectivity index (χ4n) is 1.49. The number of aliphatic hydroxyl groups is 1. The first-order chi connectivity index (χ1) is 8.16. The van der Waals surface area contributed by atoms with E-state index in [0.717, 1.165) is 5.56 Å². The molecular weight excluding hydrogens is 218 g/mol. The minimum atomic E-state index is -1.18. The third kappa shape index (κ3) is 2.76. The van der Waals surface area contributed by atoms with Gasteiger partial charge >= 0.3 is 0 Å². The molecule has 0 spiro atoms. The number of aromatic nitrogens is 3. The summed E-state index contributed by atoms with van der Waals surface area (Å²) in [6.07, 6.45) is 0.401. The van der Waals surface area contributed by atoms with Crippen molar-refractivity contribution < 1.29 is 9.90 Å². The third-order valence-corrected chi connectivity index (χ3v) is 2.41. The molecule has 2 aromatic rings. The summed E-state index contributed by atoms with van der Waals surface area (Å²) in [5, 5.41) is 17.2. The molecule has 17 heavy (non-hydrogen) atoms. The van der Waals surface area contributed by atoms with Gasteiger partial charge in [-0.25, -0.2) is 4.68 Å². The normalized spacial score (nSPS) is 12.4. The van der Waals surface area contributed by atoms with Gasteiger partial charge in [0.25, 0.3) is 0 Å². The molecule has 0 radical (unpaired) electrons. The van der Waals surface area contributed by atoms with E-state index >= 15 is 0 Å². The number of aliphatic hydroxyl groups excluding tert-OH is 1. The molecule has 88 valence electrons. The van der Waals surface area contributed by atoms with Gasteiger partial charge in [0.2, 0.25) is 0 Å². The van der Waals surface area contributed by atoms with E-state index in [1.54, 1.807) is 10.9 Å². The molecule has 1 heterocycles. The second kappa shape index (κ2) is 4.88. The predicted octanol–water partition coefficient (Wildman–Crippen LogP) is 0.949. The number of carbonyl (C=O) groups excluding carboxylic acids is 1. The van der Waals surface area contributed by atoms with Crippen LogP contribution >= 0.6 is 0 Å². The summed E-state index contributed by atoms with van der Waals surface area (Å²) in [6, 6.07) is 9.77. The summed E-state index contributed by atoms with van der Waals surface area (Å²) in [7, 11) is 0. The van der Waals surface area contributed by atoms with Crippen LogP contribution in [0.25, 0.3) is 0 Å². The first-order valence-corrected chi connectivity index (χ1v) is 5.29. The van der Waals surface area contributed by atoms with Gasteiger partial charge in [0, 0.05) is 0 Å². The summed E-state index contributed by atoms with van der Waals surface area (Å²) in [5.41, 5.74) is 1.37. The van der Waals surface area contributed by atoms with Crippen molar-refractivity contribution >= 4 is 5.78 Å². The van der Waals surface area contributed by atoms with Crippen LogP contribution in [0.15, 0.2) is 36.5 Å². The van der Waals surface area contributed by atoms with Gasteiger partial charge in [-0.1, -0.05) is 35.5 Å². The maximum Gasteiger partial charge on any atom is 0.164 e. The minimum absolute atomic E-state index is 0.286. The van der Waals surface area contributed by atoms with Gasteiger partial charge in [0.1, 0.15) is 5.69 Å². The van der Waals surface area contributed by atoms with Crippen LogP contribution in [0.5, 0.6) is 0 Å². The summed E-state index contributed by atoms with van der Waals surface area (Å²) in [6.45, 7) is 1.89. The number of ketones is 1. The largest absolute Gasteiger partial charge is 0.379 e. The van der Waals surface area contributed by atoms with E-state index in [1.807, 2.05) is 30.3 Å². The smallest absolute Gasteiger partial charge is 0.164 e. The highest BCUT2D eigenvalue weighted by Gasteiger charge is 2.16. The van der Waals surface area contributed by atoms with E-state index < -0.39 is 6.10 Å². The molecule has 1 aromatic heterocycles. The zero-order valence-electron chi connectivity index (χ0n) is 9.45. The lowest BCUT2D eigenvalue weighted by Crippen LogP contribution is -2.07. The molecule has 0 bridgehead atoms. The van der Waals surface area contributed by atoms with Crippen LogP contribution in [0, 0.1) is 0 Å². The van der Waals surface area contributed by atoms with Crippen LogP contribution in [0.2, 0.25) is 0 Å². The molecule has 0 aliphatic carbocycles. The lowest BCUT2D eigenvalue weighted by Gasteiger charge is -2.01. The van der Waals surface area contributed by atoms with Crippen LogP contribution in [0.3, 0.4) is 0 Å². The Morgan fingerprint density at radius 1 is 1.41 bits per heavy atom. The molecular formula is C12H13N3O2. The van der Waals surface area contributed by atoms with E-state index in [9.17, 15) is 9.90 Å². The molecule has 0 amide bonds. The molecule has 5 nitrogen and oxygen atoms in total. The van der Waals surface area contributed by atoms with Crippen LogP contribution in [-0.4, -0.2) is 25.9 Å². The number of hydrogen-bond donors (Lipinski definition) is 1. The summed E-state index contributed by atoms with van der Waals surface area (Å²) in [5.74, 6) is -0.336. The van der Waals surface area contributed by atoms with E-state index in [2.05, 4.69) is 10.3 Å². The molecule has 0 saturated carbocycles. The number of Topliss-reactive ketones (excluding diaryl/α,β-unsaturated/α-hetero) is 1. The maximum absolute atomic E-state index is 11.0. The number of hydrogen-bond acceptors (Lipinski definition) is 4. The van der Waals surface area contributed by atoms with Gasteiger partial charge in [-0.05, 0) is 12.5 Å². The first-order valence-electron chi connectivity index (χ1n) is 5.29. The van der Waals surface area contributed by atoms with E-state index in [0.29, 0.717) is 6.54 Å². The second-order valence-electron chi connectivity index (χ2n) is 3.84. The van der Waals surface area contributed by atoms with Gasteiger partial charge < -0.3 is 5.11 Å². The highest BCUT2D eigenvalue weighted by molar-refractivity contribution is 5.80. The van der Waals surface area contributed by atoms with Gasteiger partial charge in [-0.2, -0.15) is 0 Å². The Hall–Kier alpha value is -2.01. The summed E-state index contributed by atoms with van der Waals surface area (Å²) < 4.78 is 1.59. The van der Waals surface area contributed by atoms with E-state index in [-0.39, 0.29) is 11.5 Å². The predicted molar refractivity (Wildman–Crippen MR) is 61.2 cm³/mol. The van der Waals surface area contributed by atoms with E-state index in [4.69, 9.17) is 0 Å². The molecule has 0 aliphatic heterocycles. The zero-order valence-corrected chi connectivity index (χ0v) is 9.45. The standard InChI is InChI=1S/C12H13N3O2/c1-9(16)12(17)11-8-15(14-13-11)7-10-5-3-2-4-6-10/h2-6,8,12,17H,7H2,1H3. The lowest BCUT2D eigenvalue weighted by molar-refractivity contribution is -0.125. The van der Waals surface area contributed by atoms with Crippen molar-refractivity contribution in [3.05, 3.63) is 47.8 Å². The van der Waals surface area contributed by atoms with Crippen molar-refractivity contribution in [3.8, 4) is 0 Å². The summed E-state index contributed by atoms with van der Waals surface area (Å²) >= 11 is 0. The van der Waals surface area contributed by atoms with Crippen molar-refractivity contribution in [1.82, 2.24) is 15.0 Å². The third-order valence-electron chi connectivity index (χ3n) is 2.41. The molecule has 1 N–H and O–H groups in total. The Labute approximate surface area is 98.7 Å². The molecule has 1 aromatic carbocycles. The Bertz CT molecular complexity index is 507. The van der Waals surface area contributed by atoms with Crippen LogP contribution in [0.1, 0.15) is 24.3 Å². The minimum Gasteiger partial charge on any atom is -0.379 e. The van der Waals surface area contributed by atoms with Crippen molar-refractivity contribution in [2.75, 3.05) is 0 Å². The van der Waals surface area contributed by atoms with Crippen molar-refractivity contribution in [2.24, 2.45) is 0 Å². The van der Waals surface area contributed by atoms with E-state index in [1.165, 1.54) is 6.92 Å². The monoisotopic (exact) mass is 231 g/mol. The van der Waals surface area contributed by atoms with Gasteiger partial charge in [0.05, 0.1) is 12.7 Å². The molecule has 2 rings (SSSR count). The van der Waals surface area contributed by atoms with Gasteiger partial charge in [-0.3, -0.25) is 4.79 Å². The maximum atomic E-state index is 11.0. The fraction of sp³-hybridized carbons (Fsp3) is 0.250. The Morgan fingerprint density at radius 2 is 2.12 bits per heavy atom. The van der Waals surface area contributed by atoms with Crippen LogP contribution < -0.4 is 0 Å². The quantitative estimate of drug-likeness (QED) is 0.850. The van der Waals surface area contributed by atoms with Crippen molar-refractivity contribution in [3.63, 3.8) is 0 Å². The molecule has 0 fully saturated rings. The van der Waals surface area contributed by atoms with Gasteiger partial charge in [0.15, 0.2) is 11.9 Å². The highest BCUT2D eigenvalue weighted by Crippen LogP contribution is 2.10. The van der Waals surface area contributed by atoms with Crippen molar-refractivity contribution in [2.45, 2.75) is 19.6 Å². The lowest BCUT2D eigenvalue weighted by atomic mass is 10.2. The average Bonchev–Trinajstić information content (AvgIpc) is 2.77. The van der Waals surface area contributed by atoms with Gasteiger partial charge in [-0.15, -0.1) is 5.10 Å². The number of rotatable bonds is 4. The van der Waals surface area contributed by atoms with Crippen LogP contribution in [-0.2, 0) is 11.3 Å². The summed E-state index contributed by atoms with van der Waals surface area (Å²) in [4.78, 5) is 11.0. The Morgan fingerprint density at radius 3 is 2.76 bits per heavy atom. The molecule has 5 heteroatoms. The second-order valence-corrected chi connectivity index (χ2v) is 3.84. The zero-order chi connectivity index (χ0) is 12.3. The van der Waals surface area contributed by atoms with Crippen LogP contribution in [0.4, 0.5) is 0 Å². The molecule has 0 saturated heterocycles. The molecule has 1 unspecified atom stereocenters. The highest BCUT2D eigenvalue weighted by atomic mass is 16.3. The topological polar surface area (TPSA) is 68.0 Å². The number of benzene rings is 1. The number of nitrogens with zero attached hydrogens (tertiary/aromatic N) is 3. The SMILES string of the molecule is CC(=O)C(O)c1cn(Cc2ccccc2)nn1. The fourth-order valence-corrected chi connectivity index (χ4v) is 1.49. The Kier molecular flexibility index (Phi) is 3.30. The average molecular weight is 231 g/mol. The number of carbonyl (C=O) groups is 1. The molecule has 0 aliphatic rings. The molecule has 1 atom stereocenters. The Balaban J connectivity index is 2.11.